The molecule has 19 heavy (non-hydrogen) atoms. The van der Waals surface area contributed by atoms with Crippen LogP contribution in [0.4, 0.5) is 11.4 Å². The van der Waals surface area contributed by atoms with Gasteiger partial charge < -0.3 is 10.1 Å². The minimum Gasteiger partial charge on any atom is -0.379 e. The fourth-order valence-electron chi connectivity index (χ4n) is 1.65. The quantitative estimate of drug-likeness (QED) is 0.336. The van der Waals surface area contributed by atoms with Crippen LogP contribution in [0.15, 0.2) is 18.2 Å². The highest BCUT2D eigenvalue weighted by Gasteiger charge is 2.13. The minimum atomic E-state index is -0.504. The first kappa shape index (κ1) is 14.6. The zero-order chi connectivity index (χ0) is 14.1. The Morgan fingerprint density at radius 2 is 2.16 bits per heavy atom. The van der Waals surface area contributed by atoms with Crippen molar-refractivity contribution in [2.24, 2.45) is 0 Å². The SMILES string of the molecule is N#Cc1ccc(NCCCCCC=O)c([N+](=O)[O-])c1. The van der Waals surface area contributed by atoms with Crippen LogP contribution >= 0.6 is 0 Å². The van der Waals surface area contributed by atoms with E-state index >= 15 is 0 Å². The third-order valence-corrected chi connectivity index (χ3v) is 2.64. The van der Waals surface area contributed by atoms with E-state index < -0.39 is 4.92 Å². The van der Waals surface area contributed by atoms with Crippen LogP contribution in [0.3, 0.4) is 0 Å². The summed E-state index contributed by atoms with van der Waals surface area (Å²) >= 11 is 0. The third kappa shape index (κ3) is 4.76. The first-order chi connectivity index (χ1) is 9.19. The van der Waals surface area contributed by atoms with Crippen molar-refractivity contribution in [3.63, 3.8) is 0 Å². The standard InChI is InChI=1S/C13H15N3O3/c14-10-11-5-6-12(13(9-11)16(18)19)15-7-3-1-2-4-8-17/h5-6,8-9,15H,1-4,7H2. The molecule has 0 saturated heterocycles. The average Bonchev–Trinajstić information content (AvgIpc) is 2.42. The van der Waals surface area contributed by atoms with Crippen molar-refractivity contribution in [3.05, 3.63) is 33.9 Å². The summed E-state index contributed by atoms with van der Waals surface area (Å²) in [7, 11) is 0. The number of nitrogens with zero attached hydrogens (tertiary/aromatic N) is 2. The molecule has 6 nitrogen and oxygen atoms in total. The van der Waals surface area contributed by atoms with Crippen molar-refractivity contribution in [1.29, 1.82) is 5.26 Å². The maximum Gasteiger partial charge on any atom is 0.293 e. The van der Waals surface area contributed by atoms with Crippen molar-refractivity contribution < 1.29 is 9.72 Å². The number of nitrogens with one attached hydrogen (secondary N) is 1. The second-order valence-electron chi connectivity index (χ2n) is 4.04. The van der Waals surface area contributed by atoms with E-state index in [4.69, 9.17) is 5.26 Å². The number of rotatable bonds is 8. The van der Waals surface area contributed by atoms with Crippen LogP contribution in [-0.2, 0) is 4.79 Å². The fourth-order valence-corrected chi connectivity index (χ4v) is 1.65. The summed E-state index contributed by atoms with van der Waals surface area (Å²) in [5.74, 6) is 0. The molecule has 0 bridgehead atoms. The summed E-state index contributed by atoms with van der Waals surface area (Å²) in [4.78, 5) is 20.5. The van der Waals surface area contributed by atoms with Gasteiger partial charge in [-0.3, -0.25) is 10.1 Å². The number of nitro benzene ring substituents is 1. The second-order valence-corrected chi connectivity index (χ2v) is 4.04. The lowest BCUT2D eigenvalue weighted by molar-refractivity contribution is -0.384. The van der Waals surface area contributed by atoms with Crippen LogP contribution < -0.4 is 5.32 Å². The van der Waals surface area contributed by atoms with E-state index in [0.717, 1.165) is 25.5 Å². The fraction of sp³-hybridized carbons (Fsp3) is 0.385. The molecule has 0 amide bonds. The number of nitro groups is 1. The number of unbranched alkanes of at least 4 members (excludes halogenated alkanes) is 3. The van der Waals surface area contributed by atoms with Crippen LogP contribution in [0, 0.1) is 21.4 Å². The van der Waals surface area contributed by atoms with Gasteiger partial charge in [0.1, 0.15) is 12.0 Å². The van der Waals surface area contributed by atoms with Crippen molar-refractivity contribution in [2.75, 3.05) is 11.9 Å². The van der Waals surface area contributed by atoms with Gasteiger partial charge in [-0.2, -0.15) is 5.26 Å². The van der Waals surface area contributed by atoms with E-state index in [9.17, 15) is 14.9 Å². The molecular formula is C13H15N3O3. The molecule has 0 atom stereocenters. The molecule has 0 fully saturated rings. The van der Waals surface area contributed by atoms with Crippen molar-refractivity contribution in [1.82, 2.24) is 0 Å². The van der Waals surface area contributed by atoms with Gasteiger partial charge in [0.2, 0.25) is 0 Å². The first-order valence-electron chi connectivity index (χ1n) is 6.05. The Bertz CT molecular complexity index is 494. The number of carbonyl (C=O) groups excluding carboxylic acids is 1. The van der Waals surface area contributed by atoms with E-state index in [-0.39, 0.29) is 11.3 Å². The van der Waals surface area contributed by atoms with Gasteiger partial charge in [0, 0.05) is 19.0 Å². The first-order valence-corrected chi connectivity index (χ1v) is 6.05. The van der Waals surface area contributed by atoms with E-state index in [1.807, 2.05) is 6.07 Å². The van der Waals surface area contributed by atoms with E-state index in [1.165, 1.54) is 6.07 Å². The van der Waals surface area contributed by atoms with Crippen molar-refractivity contribution >= 4 is 17.7 Å². The molecule has 0 spiro atoms. The van der Waals surface area contributed by atoms with Crippen LogP contribution in [0.1, 0.15) is 31.2 Å². The number of hydrogen-bond donors (Lipinski definition) is 1. The number of carbonyl (C=O) groups is 1. The van der Waals surface area contributed by atoms with Gasteiger partial charge in [0.15, 0.2) is 0 Å². The molecular weight excluding hydrogens is 246 g/mol. The predicted molar refractivity (Wildman–Crippen MR) is 70.8 cm³/mol. The van der Waals surface area contributed by atoms with Crippen molar-refractivity contribution in [2.45, 2.75) is 25.7 Å². The van der Waals surface area contributed by atoms with Gasteiger partial charge in [-0.05, 0) is 25.0 Å². The third-order valence-electron chi connectivity index (χ3n) is 2.64. The number of nitriles is 1. The lowest BCUT2D eigenvalue weighted by atomic mass is 10.1. The Morgan fingerprint density at radius 3 is 2.79 bits per heavy atom. The summed E-state index contributed by atoms with van der Waals surface area (Å²) in [6, 6.07) is 6.22. The molecule has 0 unspecified atom stereocenters. The number of anilines is 1. The summed E-state index contributed by atoms with van der Waals surface area (Å²) < 4.78 is 0. The zero-order valence-corrected chi connectivity index (χ0v) is 10.5. The van der Waals surface area contributed by atoms with E-state index in [1.54, 1.807) is 12.1 Å². The van der Waals surface area contributed by atoms with E-state index in [2.05, 4.69) is 5.32 Å². The molecule has 0 saturated carbocycles. The molecule has 6 heteroatoms. The molecule has 1 N–H and O–H groups in total. The lowest BCUT2D eigenvalue weighted by Gasteiger charge is -2.06. The molecule has 1 aromatic carbocycles. The zero-order valence-electron chi connectivity index (χ0n) is 10.5. The van der Waals surface area contributed by atoms with Gasteiger partial charge in [0.05, 0.1) is 16.6 Å². The topological polar surface area (TPSA) is 96.0 Å². The van der Waals surface area contributed by atoms with Crippen molar-refractivity contribution in [3.8, 4) is 6.07 Å². The summed E-state index contributed by atoms with van der Waals surface area (Å²) in [5, 5.41) is 22.6. The Kier molecular flexibility index (Phi) is 6.03. The average molecular weight is 261 g/mol. The molecule has 0 aromatic heterocycles. The van der Waals surface area contributed by atoms with Gasteiger partial charge >= 0.3 is 0 Å². The Labute approximate surface area is 111 Å². The smallest absolute Gasteiger partial charge is 0.293 e. The summed E-state index contributed by atoms with van der Waals surface area (Å²) in [6.45, 7) is 0.603. The molecule has 0 aliphatic carbocycles. The maximum atomic E-state index is 10.9. The number of hydrogen-bond acceptors (Lipinski definition) is 5. The largest absolute Gasteiger partial charge is 0.379 e. The monoisotopic (exact) mass is 261 g/mol. The molecule has 1 rings (SSSR count). The molecule has 0 heterocycles. The van der Waals surface area contributed by atoms with Gasteiger partial charge in [-0.1, -0.05) is 6.42 Å². The van der Waals surface area contributed by atoms with Crippen LogP contribution in [0.5, 0.6) is 0 Å². The highest BCUT2D eigenvalue weighted by atomic mass is 16.6. The predicted octanol–water partition coefficient (Wildman–Crippen LogP) is 2.64. The van der Waals surface area contributed by atoms with E-state index in [0.29, 0.717) is 18.7 Å². The molecule has 0 aliphatic heterocycles. The Hall–Kier alpha value is -2.42. The molecule has 100 valence electrons. The normalized spacial score (nSPS) is 9.63. The second kappa shape index (κ2) is 7.82. The Balaban J connectivity index is 2.56. The molecule has 0 radical (unpaired) electrons. The van der Waals surface area contributed by atoms with Crippen LogP contribution in [0.2, 0.25) is 0 Å². The minimum absolute atomic E-state index is 0.0908. The number of benzene rings is 1. The van der Waals surface area contributed by atoms with Crippen LogP contribution in [-0.4, -0.2) is 17.8 Å². The maximum absolute atomic E-state index is 10.9. The van der Waals surface area contributed by atoms with Crippen LogP contribution in [0.25, 0.3) is 0 Å². The van der Waals surface area contributed by atoms with Gasteiger partial charge in [0.25, 0.3) is 5.69 Å². The highest BCUT2D eigenvalue weighted by Crippen LogP contribution is 2.25. The Morgan fingerprint density at radius 1 is 1.37 bits per heavy atom. The van der Waals surface area contributed by atoms with Gasteiger partial charge in [-0.15, -0.1) is 0 Å². The summed E-state index contributed by atoms with van der Waals surface area (Å²) in [5.41, 5.74) is 0.592. The molecule has 0 aliphatic rings. The van der Waals surface area contributed by atoms with Gasteiger partial charge in [-0.25, -0.2) is 0 Å². The summed E-state index contributed by atoms with van der Waals surface area (Å²) in [6.07, 6.45) is 4.01. The highest BCUT2D eigenvalue weighted by molar-refractivity contribution is 5.63. The molecule has 1 aromatic rings. The lowest BCUT2D eigenvalue weighted by Crippen LogP contribution is -2.04. The number of aldehydes is 1.